The number of carbonyl (C=O) groups is 1. The number of nitrogens with one attached hydrogen (secondary N) is 2. The molecule has 0 bridgehead atoms. The van der Waals surface area contributed by atoms with Gasteiger partial charge >= 0.3 is 0 Å². The lowest BCUT2D eigenvalue weighted by atomic mass is 10.2. The van der Waals surface area contributed by atoms with E-state index < -0.39 is 6.67 Å². The van der Waals surface area contributed by atoms with Crippen LogP contribution in [0.1, 0.15) is 13.8 Å². The highest BCUT2D eigenvalue weighted by Crippen LogP contribution is 2.23. The lowest BCUT2D eigenvalue weighted by molar-refractivity contribution is -0.113. The summed E-state index contributed by atoms with van der Waals surface area (Å²) in [5, 5.41) is 4.25. The fraction of sp³-hybridized carbons (Fsp3) is 0.250. The molecule has 0 amide bonds. The van der Waals surface area contributed by atoms with Gasteiger partial charge in [-0.1, -0.05) is 18.7 Å². The van der Waals surface area contributed by atoms with Crippen LogP contribution in [-0.4, -0.2) is 56.0 Å². The number of allylic oxidation sites excluding steroid dienone is 3. The molecule has 1 aromatic carbocycles. The number of hydrogen-bond donors (Lipinski definition) is 2. The molecule has 196 valence electrons. The van der Waals surface area contributed by atoms with Gasteiger partial charge < -0.3 is 24.5 Å². The van der Waals surface area contributed by atoms with E-state index in [9.17, 15) is 9.18 Å². The van der Waals surface area contributed by atoms with Crippen molar-refractivity contribution < 1.29 is 23.4 Å². The molecule has 37 heavy (non-hydrogen) atoms. The number of rotatable bonds is 13. The molecular formula is C28H33FN4O4. The van der Waals surface area contributed by atoms with Crippen LogP contribution in [0.5, 0.6) is 5.75 Å². The van der Waals surface area contributed by atoms with E-state index in [-0.39, 0.29) is 29.5 Å². The van der Waals surface area contributed by atoms with Crippen molar-refractivity contribution in [2.45, 2.75) is 13.8 Å². The van der Waals surface area contributed by atoms with Gasteiger partial charge in [-0.05, 0) is 57.0 Å². The third-order valence-corrected chi connectivity index (χ3v) is 4.92. The van der Waals surface area contributed by atoms with Crippen LogP contribution in [0, 0.1) is 0 Å². The van der Waals surface area contributed by atoms with Gasteiger partial charge in [-0.15, -0.1) is 0 Å². The number of ketones is 1. The first-order valence-corrected chi connectivity index (χ1v) is 11.6. The number of benzene rings is 1. The molecule has 9 heteroatoms. The monoisotopic (exact) mass is 508 g/mol. The van der Waals surface area contributed by atoms with E-state index in [0.29, 0.717) is 13.2 Å². The van der Waals surface area contributed by atoms with Crippen molar-refractivity contribution in [2.24, 2.45) is 4.99 Å². The van der Waals surface area contributed by atoms with E-state index in [2.05, 4.69) is 33.6 Å². The van der Waals surface area contributed by atoms with Crippen LogP contribution in [0.2, 0.25) is 0 Å². The Labute approximate surface area is 216 Å². The zero-order chi connectivity index (χ0) is 27.0. The highest BCUT2D eigenvalue weighted by Gasteiger charge is 2.11. The summed E-state index contributed by atoms with van der Waals surface area (Å²) in [7, 11) is 1.63. The third-order valence-electron chi connectivity index (χ3n) is 4.92. The number of H-pyrrole nitrogens is 1. The zero-order valence-electron chi connectivity index (χ0n) is 21.4. The Balaban J connectivity index is 0.000000358. The van der Waals surface area contributed by atoms with Gasteiger partial charge in [0.2, 0.25) is 0 Å². The number of para-hydroxylation sites is 2. The smallest absolute Gasteiger partial charge is 0.161 e. The number of fused-ring (bicyclic) bond motifs is 1. The Morgan fingerprint density at radius 2 is 2.03 bits per heavy atom. The van der Waals surface area contributed by atoms with Gasteiger partial charge in [0.1, 0.15) is 24.7 Å². The van der Waals surface area contributed by atoms with Gasteiger partial charge in [-0.3, -0.25) is 9.79 Å². The molecule has 0 saturated carbocycles. The number of methoxy groups -OCH3 is 1. The van der Waals surface area contributed by atoms with Crippen LogP contribution in [0.15, 0.2) is 89.6 Å². The Hall–Kier alpha value is -4.40. The van der Waals surface area contributed by atoms with Gasteiger partial charge in [-0.25, -0.2) is 9.37 Å². The number of halogens is 1. The Bertz CT molecular complexity index is 1250. The molecule has 3 rings (SSSR count). The van der Waals surface area contributed by atoms with Crippen molar-refractivity contribution in [1.82, 2.24) is 9.97 Å². The van der Waals surface area contributed by atoms with Crippen LogP contribution in [0.25, 0.3) is 11.0 Å². The van der Waals surface area contributed by atoms with Crippen LogP contribution < -0.4 is 10.1 Å². The molecule has 0 saturated heterocycles. The summed E-state index contributed by atoms with van der Waals surface area (Å²) < 4.78 is 29.0. The van der Waals surface area contributed by atoms with Gasteiger partial charge in [0.05, 0.1) is 31.3 Å². The van der Waals surface area contributed by atoms with Gasteiger partial charge in [0, 0.05) is 23.7 Å². The topological polar surface area (TPSA) is 97.8 Å². The summed E-state index contributed by atoms with van der Waals surface area (Å²) in [6.45, 7) is 10.7. The average Bonchev–Trinajstić information content (AvgIpc) is 3.38. The van der Waals surface area contributed by atoms with E-state index in [1.807, 2.05) is 42.6 Å². The van der Waals surface area contributed by atoms with E-state index in [4.69, 9.17) is 14.2 Å². The molecule has 2 heterocycles. The quantitative estimate of drug-likeness (QED) is 0.0975. The largest absolute Gasteiger partial charge is 0.495 e. The number of pyridine rings is 1. The van der Waals surface area contributed by atoms with Crippen molar-refractivity contribution in [3.63, 3.8) is 0 Å². The second-order valence-corrected chi connectivity index (χ2v) is 7.49. The third kappa shape index (κ3) is 9.29. The predicted molar refractivity (Wildman–Crippen MR) is 146 cm³/mol. The lowest BCUT2D eigenvalue weighted by Crippen LogP contribution is -2.11. The van der Waals surface area contributed by atoms with Gasteiger partial charge in [-0.2, -0.15) is 0 Å². The van der Waals surface area contributed by atoms with Crippen molar-refractivity contribution in [1.29, 1.82) is 0 Å². The zero-order valence-corrected chi connectivity index (χ0v) is 21.4. The summed E-state index contributed by atoms with van der Waals surface area (Å²) in [5.41, 5.74) is 2.71. The Morgan fingerprint density at radius 1 is 1.24 bits per heavy atom. The molecular weight excluding hydrogens is 475 g/mol. The number of alkyl halides is 1. The molecule has 0 fully saturated rings. The minimum absolute atomic E-state index is 0.197. The SMILES string of the molecule is C=Nc1ccccc1NCCOC(=C/CF)/C(=C\C(=C)C(C)=O)OCC.COc1cnc2[nH]ccc2c1. The van der Waals surface area contributed by atoms with Crippen LogP contribution in [0.3, 0.4) is 0 Å². The van der Waals surface area contributed by atoms with Crippen molar-refractivity contribution >= 4 is 34.9 Å². The molecule has 0 radical (unpaired) electrons. The highest BCUT2D eigenvalue weighted by molar-refractivity contribution is 5.95. The minimum atomic E-state index is -0.719. The summed E-state index contributed by atoms with van der Waals surface area (Å²) in [6, 6.07) is 11.4. The number of carbonyl (C=O) groups excluding carboxylic acids is 1. The number of Topliss-reactive ketones (excluding diaryl/α,β-unsaturated/α-hetero) is 1. The first kappa shape index (κ1) is 28.8. The molecule has 2 aromatic heterocycles. The minimum Gasteiger partial charge on any atom is -0.495 e. The Kier molecular flexibility index (Phi) is 12.1. The van der Waals surface area contributed by atoms with Gasteiger partial charge in [0.15, 0.2) is 17.3 Å². The summed E-state index contributed by atoms with van der Waals surface area (Å²) in [5.74, 6) is 1.10. The molecule has 2 N–H and O–H groups in total. The molecule has 0 aliphatic carbocycles. The first-order chi connectivity index (χ1) is 17.9. The Morgan fingerprint density at radius 3 is 2.70 bits per heavy atom. The standard InChI is InChI=1S/C20H25FN2O3.C8H8N2O/c1-5-25-20(14-15(2)16(3)24)19(10-11-21)26-13-12-23-18-9-7-6-8-17(18)22-4;1-11-7-4-6-2-3-9-8(6)10-5-7/h6-10,14,23H,2,4-5,11-13H2,1,3H3;2-5H,1H3,(H,9,10)/b19-10+,20-14+;. The molecule has 0 atom stereocenters. The maximum Gasteiger partial charge on any atom is 0.161 e. The predicted octanol–water partition coefficient (Wildman–Crippen LogP) is 5.94. The normalized spacial score (nSPS) is 11.2. The van der Waals surface area contributed by atoms with Crippen molar-refractivity contribution in [3.05, 3.63) is 84.6 Å². The molecule has 8 nitrogen and oxygen atoms in total. The van der Waals surface area contributed by atoms with Crippen molar-refractivity contribution in [2.75, 3.05) is 38.9 Å². The maximum atomic E-state index is 12.8. The summed E-state index contributed by atoms with van der Waals surface area (Å²) >= 11 is 0. The number of hydrogen-bond acceptors (Lipinski definition) is 7. The van der Waals surface area contributed by atoms with E-state index in [1.54, 1.807) is 20.2 Å². The number of aliphatic imine (C=N–C) groups is 1. The number of aromatic amines is 1. The molecule has 0 aliphatic rings. The fourth-order valence-electron chi connectivity index (χ4n) is 3.04. The summed E-state index contributed by atoms with van der Waals surface area (Å²) in [6.07, 6.45) is 6.27. The molecule has 0 aliphatic heterocycles. The highest BCUT2D eigenvalue weighted by atomic mass is 19.1. The lowest BCUT2D eigenvalue weighted by Gasteiger charge is -2.15. The molecule has 0 spiro atoms. The van der Waals surface area contributed by atoms with Crippen LogP contribution >= 0.6 is 0 Å². The van der Waals surface area contributed by atoms with Crippen LogP contribution in [-0.2, 0) is 14.3 Å². The first-order valence-electron chi connectivity index (χ1n) is 11.6. The summed E-state index contributed by atoms with van der Waals surface area (Å²) in [4.78, 5) is 22.4. The van der Waals surface area contributed by atoms with E-state index >= 15 is 0 Å². The fourth-order valence-corrected chi connectivity index (χ4v) is 3.04. The maximum absolute atomic E-state index is 12.8. The second kappa shape index (κ2) is 15.6. The van der Waals surface area contributed by atoms with E-state index in [0.717, 1.165) is 28.2 Å². The molecule has 3 aromatic rings. The van der Waals surface area contributed by atoms with Crippen molar-refractivity contribution in [3.8, 4) is 5.75 Å². The number of aromatic nitrogens is 2. The van der Waals surface area contributed by atoms with E-state index in [1.165, 1.54) is 19.1 Å². The van der Waals surface area contributed by atoms with Gasteiger partial charge in [0.25, 0.3) is 0 Å². The van der Waals surface area contributed by atoms with Crippen LogP contribution in [0.4, 0.5) is 15.8 Å². The molecule has 0 unspecified atom stereocenters. The number of anilines is 1. The average molecular weight is 509 g/mol. The number of ether oxygens (including phenoxy) is 3. The number of nitrogens with zero attached hydrogens (tertiary/aromatic N) is 2. The second-order valence-electron chi connectivity index (χ2n) is 7.49.